The molecular formula is C6H3ClIN3. The van der Waals surface area contributed by atoms with Gasteiger partial charge in [0.15, 0.2) is 5.65 Å². The SMILES string of the molecule is Clc1cc(I)n2nccc2n1. The van der Waals surface area contributed by atoms with Gasteiger partial charge in [0.05, 0.1) is 6.20 Å². The third-order valence-corrected chi connectivity index (χ3v) is 2.25. The number of halogens is 2. The van der Waals surface area contributed by atoms with Crippen molar-refractivity contribution in [1.82, 2.24) is 14.6 Å². The lowest BCUT2D eigenvalue weighted by Gasteiger charge is -1.95. The van der Waals surface area contributed by atoms with Gasteiger partial charge in [-0.3, -0.25) is 0 Å². The molecule has 0 bridgehead atoms. The van der Waals surface area contributed by atoms with Gasteiger partial charge < -0.3 is 0 Å². The van der Waals surface area contributed by atoms with Crippen LogP contribution in [0.25, 0.3) is 5.65 Å². The van der Waals surface area contributed by atoms with Gasteiger partial charge in [0.25, 0.3) is 0 Å². The van der Waals surface area contributed by atoms with Crippen molar-refractivity contribution in [3.63, 3.8) is 0 Å². The Balaban J connectivity index is 2.91. The van der Waals surface area contributed by atoms with Crippen molar-refractivity contribution in [2.45, 2.75) is 0 Å². The highest BCUT2D eigenvalue weighted by atomic mass is 127. The molecular weight excluding hydrogens is 276 g/mol. The van der Waals surface area contributed by atoms with Crippen molar-refractivity contribution in [3.8, 4) is 0 Å². The van der Waals surface area contributed by atoms with Gasteiger partial charge in [-0.15, -0.1) is 0 Å². The molecule has 2 aromatic rings. The molecule has 0 atom stereocenters. The minimum absolute atomic E-state index is 0.502. The van der Waals surface area contributed by atoms with Gasteiger partial charge in [-0.25, -0.2) is 9.50 Å². The summed E-state index contributed by atoms with van der Waals surface area (Å²) in [6.07, 6.45) is 1.70. The summed E-state index contributed by atoms with van der Waals surface area (Å²) in [6.45, 7) is 0. The highest BCUT2D eigenvalue weighted by Crippen LogP contribution is 2.12. The first-order valence-corrected chi connectivity index (χ1v) is 4.39. The van der Waals surface area contributed by atoms with Crippen LogP contribution >= 0.6 is 34.2 Å². The van der Waals surface area contributed by atoms with Gasteiger partial charge in [-0.1, -0.05) is 11.6 Å². The fraction of sp³-hybridized carbons (Fsp3) is 0. The Labute approximate surface area is 81.5 Å². The molecule has 0 N–H and O–H groups in total. The lowest BCUT2D eigenvalue weighted by molar-refractivity contribution is 0.912. The monoisotopic (exact) mass is 279 g/mol. The summed E-state index contributed by atoms with van der Waals surface area (Å²) in [4.78, 5) is 4.06. The fourth-order valence-electron chi connectivity index (χ4n) is 0.847. The van der Waals surface area contributed by atoms with Gasteiger partial charge in [0.2, 0.25) is 0 Å². The Hall–Kier alpha value is -0.360. The zero-order valence-electron chi connectivity index (χ0n) is 5.33. The molecule has 0 aromatic carbocycles. The summed E-state index contributed by atoms with van der Waals surface area (Å²) in [5.41, 5.74) is 0.780. The molecule has 0 radical (unpaired) electrons. The Kier molecular flexibility index (Phi) is 1.72. The van der Waals surface area contributed by atoms with Crippen LogP contribution in [-0.4, -0.2) is 14.6 Å². The van der Waals surface area contributed by atoms with Gasteiger partial charge in [0, 0.05) is 12.1 Å². The second kappa shape index (κ2) is 2.60. The van der Waals surface area contributed by atoms with Gasteiger partial charge in [-0.05, 0) is 22.6 Å². The topological polar surface area (TPSA) is 30.2 Å². The predicted octanol–water partition coefficient (Wildman–Crippen LogP) is 1.99. The number of aromatic nitrogens is 3. The number of nitrogens with zero attached hydrogens (tertiary/aromatic N) is 3. The van der Waals surface area contributed by atoms with E-state index >= 15 is 0 Å². The molecule has 0 unspecified atom stereocenters. The van der Waals surface area contributed by atoms with Gasteiger partial charge in [0.1, 0.15) is 8.85 Å². The van der Waals surface area contributed by atoms with Crippen molar-refractivity contribution in [3.05, 3.63) is 27.2 Å². The van der Waals surface area contributed by atoms with Crippen molar-refractivity contribution >= 4 is 39.8 Å². The lowest BCUT2D eigenvalue weighted by atomic mass is 10.6. The minimum atomic E-state index is 0.502. The van der Waals surface area contributed by atoms with Crippen LogP contribution in [0.5, 0.6) is 0 Å². The first kappa shape index (κ1) is 7.30. The molecule has 0 aliphatic rings. The van der Waals surface area contributed by atoms with Gasteiger partial charge in [-0.2, -0.15) is 5.10 Å². The normalized spacial score (nSPS) is 10.7. The predicted molar refractivity (Wildman–Crippen MR) is 50.7 cm³/mol. The summed E-state index contributed by atoms with van der Waals surface area (Å²) in [5, 5.41) is 4.55. The zero-order valence-corrected chi connectivity index (χ0v) is 8.24. The first-order chi connectivity index (χ1) is 5.27. The number of hydrogen-bond acceptors (Lipinski definition) is 2. The number of fused-ring (bicyclic) bond motifs is 1. The summed E-state index contributed by atoms with van der Waals surface area (Å²) < 4.78 is 2.69. The molecule has 0 aliphatic carbocycles. The molecule has 56 valence electrons. The van der Waals surface area contributed by atoms with Crippen LogP contribution in [0.3, 0.4) is 0 Å². The summed E-state index contributed by atoms with van der Waals surface area (Å²) in [5.74, 6) is 0. The van der Waals surface area contributed by atoms with E-state index in [-0.39, 0.29) is 0 Å². The first-order valence-electron chi connectivity index (χ1n) is 2.93. The molecule has 11 heavy (non-hydrogen) atoms. The molecule has 2 heterocycles. The highest BCUT2D eigenvalue weighted by molar-refractivity contribution is 14.1. The van der Waals surface area contributed by atoms with Crippen molar-refractivity contribution in [2.75, 3.05) is 0 Å². The quantitative estimate of drug-likeness (QED) is 0.545. The zero-order chi connectivity index (χ0) is 7.84. The molecule has 2 rings (SSSR count). The van der Waals surface area contributed by atoms with E-state index in [0.717, 1.165) is 9.35 Å². The molecule has 2 aromatic heterocycles. The Morgan fingerprint density at radius 2 is 2.36 bits per heavy atom. The minimum Gasteiger partial charge on any atom is -0.217 e. The largest absolute Gasteiger partial charge is 0.217 e. The van der Waals surface area contributed by atoms with Crippen molar-refractivity contribution < 1.29 is 0 Å². The molecule has 0 amide bonds. The van der Waals surface area contributed by atoms with E-state index in [4.69, 9.17) is 11.6 Å². The maximum Gasteiger partial charge on any atom is 0.157 e. The average Bonchev–Trinajstić information content (AvgIpc) is 2.34. The molecule has 0 spiro atoms. The summed E-state index contributed by atoms with van der Waals surface area (Å²) >= 11 is 7.88. The third kappa shape index (κ3) is 1.20. The van der Waals surface area contributed by atoms with E-state index in [1.807, 2.05) is 6.07 Å². The van der Waals surface area contributed by atoms with Crippen molar-refractivity contribution in [2.24, 2.45) is 0 Å². The average molecular weight is 279 g/mol. The van der Waals surface area contributed by atoms with Gasteiger partial charge >= 0.3 is 0 Å². The molecule has 0 aliphatic heterocycles. The molecule has 3 nitrogen and oxygen atoms in total. The summed E-state index contributed by atoms with van der Waals surface area (Å²) in [6, 6.07) is 3.58. The van der Waals surface area contributed by atoms with Crippen LogP contribution in [-0.2, 0) is 0 Å². The van der Waals surface area contributed by atoms with Crippen LogP contribution in [0.2, 0.25) is 5.15 Å². The maximum absolute atomic E-state index is 5.72. The van der Waals surface area contributed by atoms with Crippen LogP contribution in [0.15, 0.2) is 18.3 Å². The maximum atomic E-state index is 5.72. The van der Waals surface area contributed by atoms with Crippen LogP contribution < -0.4 is 0 Å². The van der Waals surface area contributed by atoms with E-state index < -0.39 is 0 Å². The number of rotatable bonds is 0. The number of hydrogen-bond donors (Lipinski definition) is 0. The molecule has 0 saturated carbocycles. The van der Waals surface area contributed by atoms with E-state index in [9.17, 15) is 0 Å². The molecule has 5 heteroatoms. The van der Waals surface area contributed by atoms with E-state index in [0.29, 0.717) is 5.15 Å². The molecule has 0 fully saturated rings. The third-order valence-electron chi connectivity index (χ3n) is 1.28. The second-order valence-corrected chi connectivity index (χ2v) is 3.50. The standard InChI is InChI=1S/C6H3ClIN3/c7-4-3-5(8)11-6(10-4)1-2-9-11/h1-3H. The lowest BCUT2D eigenvalue weighted by Crippen LogP contribution is -1.94. The van der Waals surface area contributed by atoms with E-state index in [1.54, 1.807) is 16.8 Å². The smallest absolute Gasteiger partial charge is 0.157 e. The summed E-state index contributed by atoms with van der Waals surface area (Å²) in [7, 11) is 0. The Morgan fingerprint density at radius 3 is 3.18 bits per heavy atom. The fourth-order valence-corrected chi connectivity index (χ4v) is 1.89. The molecule has 0 saturated heterocycles. The van der Waals surface area contributed by atoms with E-state index in [2.05, 4.69) is 32.7 Å². The highest BCUT2D eigenvalue weighted by Gasteiger charge is 2.00. The van der Waals surface area contributed by atoms with E-state index in [1.165, 1.54) is 0 Å². The second-order valence-electron chi connectivity index (χ2n) is 2.00. The Bertz CT molecular complexity index is 398. The van der Waals surface area contributed by atoms with Crippen LogP contribution in [0, 0.1) is 3.70 Å². The van der Waals surface area contributed by atoms with Crippen LogP contribution in [0.1, 0.15) is 0 Å². The Morgan fingerprint density at radius 1 is 1.55 bits per heavy atom. The van der Waals surface area contributed by atoms with Crippen LogP contribution in [0.4, 0.5) is 0 Å². The van der Waals surface area contributed by atoms with Crippen molar-refractivity contribution in [1.29, 1.82) is 0 Å².